The van der Waals surface area contributed by atoms with E-state index in [1.807, 2.05) is 25.2 Å². The molecule has 1 aliphatic rings. The van der Waals surface area contributed by atoms with Gasteiger partial charge in [-0.15, -0.1) is 0 Å². The average molecular weight is 529 g/mol. The second-order valence-electron chi connectivity index (χ2n) is 10.7. The second kappa shape index (κ2) is 10.7. The third kappa shape index (κ3) is 5.58. The van der Waals surface area contributed by atoms with Crippen molar-refractivity contribution in [3.63, 3.8) is 0 Å². The highest BCUT2D eigenvalue weighted by atomic mass is 35.5. The third-order valence-electron chi connectivity index (χ3n) is 7.03. The predicted molar refractivity (Wildman–Crippen MR) is 143 cm³/mol. The number of rotatable bonds is 9. The first-order valence-corrected chi connectivity index (χ1v) is 12.4. The van der Waals surface area contributed by atoms with Crippen molar-refractivity contribution in [1.29, 1.82) is 0 Å². The van der Waals surface area contributed by atoms with E-state index in [0.717, 1.165) is 6.54 Å². The fourth-order valence-corrected chi connectivity index (χ4v) is 5.84. The molecular formula is C29H34ClFN2O4. The largest absolute Gasteiger partial charge is 0.478 e. The van der Waals surface area contributed by atoms with E-state index in [1.165, 1.54) is 30.7 Å². The number of hydrogen-bond donors (Lipinski definition) is 2. The molecule has 8 heteroatoms. The Morgan fingerprint density at radius 2 is 1.54 bits per heavy atom. The summed E-state index contributed by atoms with van der Waals surface area (Å²) in [5, 5.41) is 20.4. The van der Waals surface area contributed by atoms with Gasteiger partial charge in [0.05, 0.1) is 21.6 Å². The van der Waals surface area contributed by atoms with Crippen LogP contribution in [0, 0.1) is 11.2 Å². The van der Waals surface area contributed by atoms with Crippen molar-refractivity contribution in [1.82, 2.24) is 9.80 Å². The Kier molecular flexibility index (Phi) is 8.20. The van der Waals surface area contributed by atoms with Gasteiger partial charge < -0.3 is 20.0 Å². The number of halogens is 2. The van der Waals surface area contributed by atoms with Gasteiger partial charge >= 0.3 is 11.9 Å². The molecule has 37 heavy (non-hydrogen) atoms. The topological polar surface area (TPSA) is 81.1 Å². The second-order valence-corrected chi connectivity index (χ2v) is 11.1. The first kappa shape index (κ1) is 28.4. The lowest BCUT2D eigenvalue weighted by molar-refractivity contribution is -0.134. The normalized spacial score (nSPS) is 16.0. The van der Waals surface area contributed by atoms with E-state index in [9.17, 15) is 19.8 Å². The first-order valence-electron chi connectivity index (χ1n) is 12.0. The van der Waals surface area contributed by atoms with Crippen LogP contribution in [0.25, 0.3) is 0 Å². The Bertz CT molecular complexity index is 1230. The van der Waals surface area contributed by atoms with Crippen LogP contribution >= 0.6 is 11.6 Å². The molecule has 0 atom stereocenters. The van der Waals surface area contributed by atoms with Gasteiger partial charge in [0.2, 0.25) is 0 Å². The molecule has 3 rings (SSSR count). The summed E-state index contributed by atoms with van der Waals surface area (Å²) < 4.78 is 15.3. The minimum absolute atomic E-state index is 0.0880. The van der Waals surface area contributed by atoms with Gasteiger partial charge in [-0.05, 0) is 44.9 Å². The molecule has 0 unspecified atom stereocenters. The molecule has 1 heterocycles. The van der Waals surface area contributed by atoms with E-state index >= 15 is 4.39 Å². The van der Waals surface area contributed by atoms with Gasteiger partial charge in [-0.3, -0.25) is 0 Å². The smallest absolute Gasteiger partial charge is 0.334 e. The van der Waals surface area contributed by atoms with E-state index < -0.39 is 23.2 Å². The van der Waals surface area contributed by atoms with Crippen LogP contribution in [0.1, 0.15) is 45.7 Å². The van der Waals surface area contributed by atoms with E-state index in [4.69, 9.17) is 11.6 Å². The van der Waals surface area contributed by atoms with Crippen LogP contribution in [0.2, 0.25) is 5.02 Å². The SMILES string of the molecule is CC1=C(C(=O)O)C(C)(c2cccc(Cl)c2F)C(C(=O)O)=C(C)N1CC(C)(C)CN(C)Cc1ccccc1. The Morgan fingerprint density at radius 1 is 1.00 bits per heavy atom. The van der Waals surface area contributed by atoms with Gasteiger partial charge in [0.25, 0.3) is 0 Å². The van der Waals surface area contributed by atoms with Gasteiger partial charge in [-0.1, -0.05) is 67.9 Å². The summed E-state index contributed by atoms with van der Waals surface area (Å²) in [6.07, 6.45) is 0. The minimum atomic E-state index is -1.76. The van der Waals surface area contributed by atoms with Crippen LogP contribution in [0.4, 0.5) is 4.39 Å². The van der Waals surface area contributed by atoms with Crippen LogP contribution < -0.4 is 0 Å². The molecule has 198 valence electrons. The zero-order valence-corrected chi connectivity index (χ0v) is 22.9. The number of allylic oxidation sites excluding steroid dienone is 2. The van der Waals surface area contributed by atoms with Crippen LogP contribution in [0.15, 0.2) is 71.1 Å². The van der Waals surface area contributed by atoms with Crippen LogP contribution in [0.5, 0.6) is 0 Å². The summed E-state index contributed by atoms with van der Waals surface area (Å²) in [4.78, 5) is 29.2. The highest BCUT2D eigenvalue weighted by molar-refractivity contribution is 6.30. The molecule has 2 aromatic rings. The van der Waals surface area contributed by atoms with Gasteiger partial charge in [-0.25, -0.2) is 14.0 Å². The highest BCUT2D eigenvalue weighted by Crippen LogP contribution is 2.49. The van der Waals surface area contributed by atoms with Crippen LogP contribution in [-0.4, -0.2) is 52.1 Å². The molecule has 0 radical (unpaired) electrons. The van der Waals surface area contributed by atoms with E-state index in [-0.39, 0.29) is 27.1 Å². The molecule has 0 saturated heterocycles. The fourth-order valence-electron chi connectivity index (χ4n) is 5.66. The van der Waals surface area contributed by atoms with E-state index in [0.29, 0.717) is 24.5 Å². The molecular weight excluding hydrogens is 495 g/mol. The van der Waals surface area contributed by atoms with Crippen molar-refractivity contribution >= 4 is 23.5 Å². The van der Waals surface area contributed by atoms with Crippen molar-refractivity contribution in [2.75, 3.05) is 20.1 Å². The molecule has 0 amide bonds. The zero-order valence-electron chi connectivity index (χ0n) is 22.1. The van der Waals surface area contributed by atoms with Crippen LogP contribution in [-0.2, 0) is 21.5 Å². The molecule has 0 aromatic heterocycles. The van der Waals surface area contributed by atoms with Crippen molar-refractivity contribution in [3.05, 3.63) is 93.0 Å². The maximum Gasteiger partial charge on any atom is 0.334 e. The van der Waals surface area contributed by atoms with Gasteiger partial charge in [0.15, 0.2) is 0 Å². The lowest BCUT2D eigenvalue weighted by Gasteiger charge is -2.45. The molecule has 2 N–H and O–H groups in total. The number of nitrogens with zero attached hydrogens (tertiary/aromatic N) is 2. The number of benzene rings is 2. The molecule has 0 saturated carbocycles. The number of carboxylic acid groups (broad SMARTS) is 2. The molecule has 1 aliphatic heterocycles. The first-order chi connectivity index (χ1) is 17.2. The molecule has 2 aromatic carbocycles. The zero-order chi connectivity index (χ0) is 27.7. The van der Waals surface area contributed by atoms with Gasteiger partial charge in [0, 0.05) is 36.6 Å². The van der Waals surface area contributed by atoms with E-state index in [2.05, 4.69) is 30.9 Å². The summed E-state index contributed by atoms with van der Waals surface area (Å²) in [5.74, 6) is -3.45. The molecule has 0 fully saturated rings. The summed E-state index contributed by atoms with van der Waals surface area (Å²) in [5.41, 5.74) is -0.664. The predicted octanol–water partition coefficient (Wildman–Crippen LogP) is 5.93. The number of hydrogen-bond acceptors (Lipinski definition) is 4. The summed E-state index contributed by atoms with van der Waals surface area (Å²) >= 11 is 6.03. The van der Waals surface area contributed by atoms with Gasteiger partial charge in [-0.2, -0.15) is 0 Å². The molecule has 0 spiro atoms. The van der Waals surface area contributed by atoms with Crippen molar-refractivity contribution < 1.29 is 24.2 Å². The Balaban J connectivity index is 2.07. The maximum absolute atomic E-state index is 15.3. The Labute approximate surface area is 222 Å². The van der Waals surface area contributed by atoms with E-state index in [1.54, 1.807) is 18.7 Å². The highest BCUT2D eigenvalue weighted by Gasteiger charge is 2.50. The number of aliphatic carboxylic acids is 2. The monoisotopic (exact) mass is 528 g/mol. The molecule has 0 aliphatic carbocycles. The fraction of sp³-hybridized carbons (Fsp3) is 0.379. The van der Waals surface area contributed by atoms with Crippen molar-refractivity contribution in [3.8, 4) is 0 Å². The van der Waals surface area contributed by atoms with Crippen LogP contribution in [0.3, 0.4) is 0 Å². The van der Waals surface area contributed by atoms with Gasteiger partial charge in [0.1, 0.15) is 5.82 Å². The summed E-state index contributed by atoms with van der Waals surface area (Å²) in [6.45, 7) is 10.6. The standard InChI is InChI=1S/C29H34ClFN2O4/c1-18-23(26(34)35)29(5,21-13-10-14-22(30)25(21)31)24(27(36)37)19(2)33(18)17-28(3,4)16-32(6)15-20-11-8-7-9-12-20/h7-14H,15-17H2,1-6H3,(H,34,35)(H,36,37). The lowest BCUT2D eigenvalue weighted by Crippen LogP contribution is -2.47. The average Bonchev–Trinajstić information content (AvgIpc) is 2.78. The third-order valence-corrected chi connectivity index (χ3v) is 7.32. The summed E-state index contributed by atoms with van der Waals surface area (Å²) in [7, 11) is 2.01. The number of carbonyl (C=O) groups is 2. The van der Waals surface area contributed by atoms with Crippen molar-refractivity contribution in [2.24, 2.45) is 5.41 Å². The maximum atomic E-state index is 15.3. The quantitative estimate of drug-likeness (QED) is 0.420. The Hall–Kier alpha value is -3.16. The Morgan fingerprint density at radius 3 is 2.05 bits per heavy atom. The lowest BCUT2D eigenvalue weighted by atomic mass is 9.66. The van der Waals surface area contributed by atoms with Crippen molar-refractivity contribution in [2.45, 2.75) is 46.6 Å². The minimum Gasteiger partial charge on any atom is -0.478 e. The molecule has 0 bridgehead atoms. The number of carboxylic acids is 2. The molecule has 6 nitrogen and oxygen atoms in total. The summed E-state index contributed by atoms with van der Waals surface area (Å²) in [6, 6.07) is 14.3.